The number of morpholine rings is 1. The van der Waals surface area contributed by atoms with Crippen LogP contribution >= 0.6 is 0 Å². The summed E-state index contributed by atoms with van der Waals surface area (Å²) in [6.45, 7) is 4.16. The molecule has 1 aliphatic rings. The second kappa shape index (κ2) is 5.62. The van der Waals surface area contributed by atoms with Crippen LogP contribution in [0, 0.1) is 0 Å². The molecule has 0 saturated carbocycles. The highest BCUT2D eigenvalue weighted by Crippen LogP contribution is 2.25. The minimum absolute atomic E-state index is 0.121. The van der Waals surface area contributed by atoms with Crippen LogP contribution in [0.15, 0.2) is 21.6 Å². The van der Waals surface area contributed by atoms with Crippen molar-refractivity contribution >= 4 is 10.0 Å². The normalized spacial score (nSPS) is 25.6. The highest BCUT2D eigenvalue weighted by Gasteiger charge is 2.37. The third-order valence-corrected chi connectivity index (χ3v) is 5.04. The van der Waals surface area contributed by atoms with E-state index in [1.165, 1.54) is 16.4 Å². The van der Waals surface area contributed by atoms with E-state index < -0.39 is 10.0 Å². The van der Waals surface area contributed by atoms with Crippen molar-refractivity contribution in [1.82, 2.24) is 4.31 Å². The first-order valence-electron chi connectivity index (χ1n) is 6.32. The van der Waals surface area contributed by atoms with Crippen LogP contribution in [0.2, 0.25) is 0 Å². The van der Waals surface area contributed by atoms with Crippen LogP contribution < -0.4 is 0 Å². The van der Waals surface area contributed by atoms with E-state index in [0.29, 0.717) is 19.6 Å². The van der Waals surface area contributed by atoms with Gasteiger partial charge in [0.1, 0.15) is 12.4 Å². The van der Waals surface area contributed by atoms with Gasteiger partial charge in [-0.05, 0) is 25.5 Å². The summed E-state index contributed by atoms with van der Waals surface area (Å²) in [5.74, 6) is 0.243. The topological polar surface area (TPSA) is 80.0 Å². The first kappa shape index (κ1) is 14.5. The predicted octanol–water partition coefficient (Wildman–Crippen LogP) is 0.960. The molecule has 1 aromatic rings. The molecule has 2 rings (SSSR count). The van der Waals surface area contributed by atoms with Crippen LogP contribution in [-0.4, -0.2) is 43.1 Å². The molecule has 1 fully saturated rings. The zero-order chi connectivity index (χ0) is 14.0. The number of hydrogen-bond donors (Lipinski definition) is 1. The summed E-state index contributed by atoms with van der Waals surface area (Å²) in [4.78, 5) is 0. The monoisotopic (exact) mass is 289 g/mol. The molecule has 6 nitrogen and oxygen atoms in total. The number of furan rings is 1. The van der Waals surface area contributed by atoms with E-state index in [-0.39, 0.29) is 29.6 Å². The van der Waals surface area contributed by atoms with E-state index in [1.807, 2.05) is 13.8 Å². The van der Waals surface area contributed by atoms with Crippen LogP contribution in [0.1, 0.15) is 26.0 Å². The van der Waals surface area contributed by atoms with Crippen molar-refractivity contribution < 1.29 is 22.7 Å². The highest BCUT2D eigenvalue weighted by molar-refractivity contribution is 7.89. The van der Waals surface area contributed by atoms with Crippen molar-refractivity contribution in [2.75, 3.05) is 13.2 Å². The number of aliphatic hydroxyl groups is 1. The fourth-order valence-electron chi connectivity index (χ4n) is 2.13. The van der Waals surface area contributed by atoms with Crippen molar-refractivity contribution in [1.29, 1.82) is 0 Å². The minimum atomic E-state index is -3.67. The Morgan fingerprint density at radius 1 is 1.47 bits per heavy atom. The lowest BCUT2D eigenvalue weighted by molar-refractivity contribution is -0.0235. The molecule has 0 bridgehead atoms. The highest BCUT2D eigenvalue weighted by atomic mass is 32.2. The van der Waals surface area contributed by atoms with Crippen LogP contribution in [0.4, 0.5) is 0 Å². The fourth-order valence-corrected chi connectivity index (χ4v) is 3.82. The molecule has 0 aliphatic carbocycles. The Balaban J connectivity index is 2.30. The molecular weight excluding hydrogens is 270 g/mol. The number of nitrogens with zero attached hydrogens (tertiary/aromatic N) is 1. The molecule has 0 radical (unpaired) electrons. The van der Waals surface area contributed by atoms with E-state index in [4.69, 9.17) is 14.3 Å². The SMILES string of the molecule is CCC1COC(C)CN1S(=O)(=O)c1ccc(CO)o1. The molecule has 108 valence electrons. The molecule has 2 heterocycles. The summed E-state index contributed by atoms with van der Waals surface area (Å²) in [5.41, 5.74) is 0. The predicted molar refractivity (Wildman–Crippen MR) is 68.0 cm³/mol. The van der Waals surface area contributed by atoms with Gasteiger partial charge in [-0.15, -0.1) is 0 Å². The average Bonchev–Trinajstić information content (AvgIpc) is 2.88. The van der Waals surface area contributed by atoms with Gasteiger partial charge in [0.25, 0.3) is 10.0 Å². The lowest BCUT2D eigenvalue weighted by Crippen LogP contribution is -2.51. The van der Waals surface area contributed by atoms with Crippen LogP contribution in [-0.2, 0) is 21.4 Å². The maximum absolute atomic E-state index is 12.5. The molecule has 0 aromatic carbocycles. The van der Waals surface area contributed by atoms with Crippen molar-refractivity contribution in [3.63, 3.8) is 0 Å². The van der Waals surface area contributed by atoms with Gasteiger partial charge in [-0.25, -0.2) is 8.42 Å². The summed E-state index contributed by atoms with van der Waals surface area (Å²) in [5, 5.41) is 8.82. The second-order valence-corrected chi connectivity index (χ2v) is 6.48. The summed E-state index contributed by atoms with van der Waals surface area (Å²) >= 11 is 0. The number of ether oxygens (including phenoxy) is 1. The van der Waals surface area contributed by atoms with Crippen molar-refractivity contribution in [3.8, 4) is 0 Å². The van der Waals surface area contributed by atoms with Gasteiger partial charge in [0.05, 0.1) is 12.7 Å². The van der Waals surface area contributed by atoms with Gasteiger partial charge in [0, 0.05) is 12.6 Å². The molecule has 19 heavy (non-hydrogen) atoms. The van der Waals surface area contributed by atoms with Crippen molar-refractivity contribution in [3.05, 3.63) is 17.9 Å². The largest absolute Gasteiger partial charge is 0.446 e. The molecule has 0 amide bonds. The molecule has 7 heteroatoms. The fraction of sp³-hybridized carbons (Fsp3) is 0.667. The van der Waals surface area contributed by atoms with Crippen molar-refractivity contribution in [2.24, 2.45) is 0 Å². The molecule has 1 aliphatic heterocycles. The van der Waals surface area contributed by atoms with Gasteiger partial charge in [-0.3, -0.25) is 0 Å². The van der Waals surface area contributed by atoms with Crippen LogP contribution in [0.5, 0.6) is 0 Å². The smallest absolute Gasteiger partial charge is 0.276 e. The molecule has 0 spiro atoms. The van der Waals surface area contributed by atoms with Gasteiger partial charge >= 0.3 is 0 Å². The molecule has 1 saturated heterocycles. The molecule has 2 unspecified atom stereocenters. The van der Waals surface area contributed by atoms with E-state index in [1.54, 1.807) is 0 Å². The number of hydrogen-bond acceptors (Lipinski definition) is 5. The number of rotatable bonds is 4. The zero-order valence-electron chi connectivity index (χ0n) is 11.1. The number of sulfonamides is 1. The maximum Gasteiger partial charge on any atom is 0.276 e. The lowest BCUT2D eigenvalue weighted by Gasteiger charge is -2.36. The van der Waals surface area contributed by atoms with E-state index in [0.717, 1.165) is 0 Å². The molecule has 1 N–H and O–H groups in total. The van der Waals surface area contributed by atoms with Crippen molar-refractivity contribution in [2.45, 2.75) is 44.1 Å². The Bertz CT molecular complexity index is 524. The van der Waals surface area contributed by atoms with Gasteiger partial charge in [0.2, 0.25) is 5.09 Å². The summed E-state index contributed by atoms with van der Waals surface area (Å²) in [6, 6.07) is 2.68. The van der Waals surface area contributed by atoms with Gasteiger partial charge in [-0.2, -0.15) is 4.31 Å². The minimum Gasteiger partial charge on any atom is -0.446 e. The first-order valence-corrected chi connectivity index (χ1v) is 7.76. The first-order chi connectivity index (χ1) is 8.98. The molecule has 2 atom stereocenters. The van der Waals surface area contributed by atoms with E-state index in [9.17, 15) is 8.42 Å². The quantitative estimate of drug-likeness (QED) is 0.893. The standard InChI is InChI=1S/C12H19NO5S/c1-3-10-8-17-9(2)6-13(10)19(15,16)12-5-4-11(7-14)18-12/h4-5,9-10,14H,3,6-8H2,1-2H3. The third kappa shape index (κ3) is 2.84. The molecular formula is C12H19NO5S. The summed E-state index contributed by atoms with van der Waals surface area (Å²) in [6.07, 6.45) is 0.546. The van der Waals surface area contributed by atoms with E-state index in [2.05, 4.69) is 0 Å². The van der Waals surface area contributed by atoms with E-state index >= 15 is 0 Å². The Morgan fingerprint density at radius 3 is 2.79 bits per heavy atom. The number of aliphatic hydroxyl groups excluding tert-OH is 1. The maximum atomic E-state index is 12.5. The Labute approximate surface area is 113 Å². The zero-order valence-corrected chi connectivity index (χ0v) is 11.9. The lowest BCUT2D eigenvalue weighted by atomic mass is 10.2. The average molecular weight is 289 g/mol. The summed E-state index contributed by atoms with van der Waals surface area (Å²) in [7, 11) is -3.67. The van der Waals surface area contributed by atoms with Gasteiger partial charge in [-0.1, -0.05) is 6.92 Å². The second-order valence-electron chi connectivity index (χ2n) is 4.66. The van der Waals surface area contributed by atoms with Gasteiger partial charge < -0.3 is 14.3 Å². The van der Waals surface area contributed by atoms with Crippen LogP contribution in [0.3, 0.4) is 0 Å². The molecule has 1 aromatic heterocycles. The summed E-state index contributed by atoms with van der Waals surface area (Å²) < 4.78 is 37.1. The van der Waals surface area contributed by atoms with Crippen LogP contribution in [0.25, 0.3) is 0 Å². The Kier molecular flexibility index (Phi) is 4.29. The Morgan fingerprint density at radius 2 is 2.21 bits per heavy atom. The Hall–Kier alpha value is -0.890. The van der Waals surface area contributed by atoms with Gasteiger partial charge in [0.15, 0.2) is 0 Å². The third-order valence-electron chi connectivity index (χ3n) is 3.24.